The van der Waals surface area contributed by atoms with Gasteiger partial charge >= 0.3 is 5.97 Å². The van der Waals surface area contributed by atoms with E-state index in [2.05, 4.69) is 11.7 Å². The summed E-state index contributed by atoms with van der Waals surface area (Å²) >= 11 is 0. The van der Waals surface area contributed by atoms with Gasteiger partial charge in [-0.1, -0.05) is 0 Å². The van der Waals surface area contributed by atoms with Crippen molar-refractivity contribution in [1.29, 1.82) is 0 Å². The van der Waals surface area contributed by atoms with Gasteiger partial charge in [-0.3, -0.25) is 4.99 Å². The first-order chi connectivity index (χ1) is 3.72. The lowest BCUT2D eigenvalue weighted by Crippen LogP contribution is -2.21. The first kappa shape index (κ1) is 7.10. The van der Waals surface area contributed by atoms with Crippen molar-refractivity contribution in [1.82, 2.24) is 0 Å². The number of aliphatic hydroxyl groups excluding tert-OH is 1. The molecule has 0 aromatic rings. The molecule has 8 heavy (non-hydrogen) atoms. The van der Waals surface area contributed by atoms with E-state index in [0.29, 0.717) is 0 Å². The van der Waals surface area contributed by atoms with Gasteiger partial charge in [0.25, 0.3) is 0 Å². The third-order valence-electron chi connectivity index (χ3n) is 0.678. The number of carbonyl (C=O) groups is 1. The number of carboxylic acids is 1. The van der Waals surface area contributed by atoms with Crippen LogP contribution in [0.15, 0.2) is 4.99 Å². The van der Waals surface area contributed by atoms with Gasteiger partial charge in [0.2, 0.25) is 0 Å². The van der Waals surface area contributed by atoms with Crippen LogP contribution in [-0.4, -0.2) is 35.5 Å². The Kier molecular flexibility index (Phi) is 2.79. The maximum Gasteiger partial charge on any atom is 0.330 e. The van der Waals surface area contributed by atoms with E-state index in [1.165, 1.54) is 0 Å². The average Bonchev–Trinajstić information content (AvgIpc) is 1.69. The Hall–Kier alpha value is -0.900. The molecule has 0 rings (SSSR count). The normalized spacial score (nSPS) is 12.6. The molecule has 0 saturated carbocycles. The first-order valence-electron chi connectivity index (χ1n) is 2.02. The van der Waals surface area contributed by atoms with Crippen LogP contribution >= 0.6 is 0 Å². The Morgan fingerprint density at radius 2 is 2.38 bits per heavy atom. The van der Waals surface area contributed by atoms with Crippen molar-refractivity contribution in [3.8, 4) is 0 Å². The van der Waals surface area contributed by atoms with Gasteiger partial charge in [-0.25, -0.2) is 4.79 Å². The predicted molar refractivity (Wildman–Crippen MR) is 28.1 cm³/mol. The minimum atomic E-state index is -1.15. The van der Waals surface area contributed by atoms with Gasteiger partial charge in [-0.15, -0.1) is 0 Å². The number of aliphatic carboxylic acids is 1. The minimum absolute atomic E-state index is 0.487. The second kappa shape index (κ2) is 3.15. The fraction of sp³-hybridized carbons (Fsp3) is 0.500. The molecule has 0 spiro atoms. The molecular formula is C4H7NO3. The number of rotatable bonds is 3. The number of hydrogen-bond donors (Lipinski definition) is 2. The SMILES string of the molecule is C=NC(CO)C(=O)O. The molecule has 0 fully saturated rings. The van der Waals surface area contributed by atoms with E-state index in [1.54, 1.807) is 0 Å². The number of nitrogens with zero attached hydrogens (tertiary/aromatic N) is 1. The molecule has 0 aliphatic carbocycles. The highest BCUT2D eigenvalue weighted by molar-refractivity contribution is 5.74. The highest BCUT2D eigenvalue weighted by Gasteiger charge is 2.11. The van der Waals surface area contributed by atoms with Crippen LogP contribution in [0, 0.1) is 0 Å². The standard InChI is InChI=1S/C4H7NO3/c1-5-3(2-6)4(7)8/h3,6H,1-2H2,(H,7,8). The zero-order valence-corrected chi connectivity index (χ0v) is 4.24. The summed E-state index contributed by atoms with van der Waals surface area (Å²) in [5.74, 6) is -1.15. The third-order valence-corrected chi connectivity index (χ3v) is 0.678. The summed E-state index contributed by atoms with van der Waals surface area (Å²) < 4.78 is 0. The van der Waals surface area contributed by atoms with E-state index in [4.69, 9.17) is 10.2 Å². The van der Waals surface area contributed by atoms with Gasteiger partial charge in [-0.2, -0.15) is 0 Å². The van der Waals surface area contributed by atoms with Crippen molar-refractivity contribution >= 4 is 12.7 Å². The molecule has 1 atom stereocenters. The van der Waals surface area contributed by atoms with E-state index >= 15 is 0 Å². The molecule has 2 N–H and O–H groups in total. The Morgan fingerprint density at radius 3 is 2.38 bits per heavy atom. The van der Waals surface area contributed by atoms with Crippen molar-refractivity contribution in [2.45, 2.75) is 6.04 Å². The van der Waals surface area contributed by atoms with Crippen LogP contribution in [0.5, 0.6) is 0 Å². The van der Waals surface area contributed by atoms with E-state index in [-0.39, 0.29) is 0 Å². The molecule has 0 amide bonds. The van der Waals surface area contributed by atoms with Crippen LogP contribution in [0.1, 0.15) is 0 Å². The Bertz CT molecular complexity index is 101. The van der Waals surface area contributed by atoms with Gasteiger partial charge < -0.3 is 10.2 Å². The topological polar surface area (TPSA) is 69.9 Å². The predicted octanol–water partition coefficient (Wildman–Crippen LogP) is -0.867. The second-order valence-electron chi connectivity index (χ2n) is 1.22. The summed E-state index contributed by atoms with van der Waals surface area (Å²) in [6, 6.07) is -1.06. The number of carboxylic acid groups (broad SMARTS) is 1. The molecule has 0 heterocycles. The van der Waals surface area contributed by atoms with Gasteiger partial charge in [0.1, 0.15) is 0 Å². The molecule has 0 radical (unpaired) electrons. The van der Waals surface area contributed by atoms with E-state index < -0.39 is 18.6 Å². The van der Waals surface area contributed by atoms with Crippen molar-refractivity contribution in [2.75, 3.05) is 6.61 Å². The average molecular weight is 117 g/mol. The molecule has 0 aliphatic rings. The quantitative estimate of drug-likeness (QED) is 0.472. The Labute approximate surface area is 46.5 Å². The lowest BCUT2D eigenvalue weighted by atomic mass is 10.3. The van der Waals surface area contributed by atoms with E-state index in [0.717, 1.165) is 0 Å². The van der Waals surface area contributed by atoms with Crippen LogP contribution < -0.4 is 0 Å². The minimum Gasteiger partial charge on any atom is -0.480 e. The highest BCUT2D eigenvalue weighted by atomic mass is 16.4. The number of aliphatic imine (C=N–C) groups is 1. The van der Waals surface area contributed by atoms with E-state index in [1.807, 2.05) is 0 Å². The largest absolute Gasteiger partial charge is 0.480 e. The second-order valence-corrected chi connectivity index (χ2v) is 1.22. The van der Waals surface area contributed by atoms with Crippen LogP contribution in [0.2, 0.25) is 0 Å². The summed E-state index contributed by atoms with van der Waals surface area (Å²) in [6.07, 6.45) is 0. The molecule has 46 valence electrons. The molecule has 1 unspecified atom stereocenters. The summed E-state index contributed by atoms with van der Waals surface area (Å²) in [6.45, 7) is 2.48. The summed E-state index contributed by atoms with van der Waals surface area (Å²) in [5.41, 5.74) is 0. The zero-order chi connectivity index (χ0) is 6.57. The molecule has 0 bridgehead atoms. The number of aliphatic hydroxyl groups is 1. The lowest BCUT2D eigenvalue weighted by molar-refractivity contribution is -0.139. The number of hydrogen-bond acceptors (Lipinski definition) is 3. The molecule has 0 aromatic heterocycles. The maximum absolute atomic E-state index is 9.87. The molecular weight excluding hydrogens is 110 g/mol. The summed E-state index contributed by atoms with van der Waals surface area (Å²) in [4.78, 5) is 13.0. The Morgan fingerprint density at radius 1 is 1.88 bits per heavy atom. The van der Waals surface area contributed by atoms with Crippen molar-refractivity contribution in [2.24, 2.45) is 4.99 Å². The zero-order valence-electron chi connectivity index (χ0n) is 4.24. The first-order valence-corrected chi connectivity index (χ1v) is 2.02. The summed E-state index contributed by atoms with van der Waals surface area (Å²) in [7, 11) is 0. The fourth-order valence-corrected chi connectivity index (χ4v) is 0.214. The van der Waals surface area contributed by atoms with Crippen LogP contribution in [0.25, 0.3) is 0 Å². The maximum atomic E-state index is 9.87. The fourth-order valence-electron chi connectivity index (χ4n) is 0.214. The molecule has 0 aromatic carbocycles. The smallest absolute Gasteiger partial charge is 0.330 e. The van der Waals surface area contributed by atoms with Gasteiger partial charge in [-0.05, 0) is 6.72 Å². The van der Waals surface area contributed by atoms with E-state index in [9.17, 15) is 4.79 Å². The van der Waals surface area contributed by atoms with Crippen LogP contribution in [-0.2, 0) is 4.79 Å². The van der Waals surface area contributed by atoms with Crippen molar-refractivity contribution in [3.63, 3.8) is 0 Å². The van der Waals surface area contributed by atoms with Gasteiger partial charge in [0.05, 0.1) is 6.61 Å². The van der Waals surface area contributed by atoms with Gasteiger partial charge in [0, 0.05) is 0 Å². The highest BCUT2D eigenvalue weighted by Crippen LogP contribution is 1.85. The summed E-state index contributed by atoms with van der Waals surface area (Å²) in [5, 5.41) is 16.3. The third kappa shape index (κ3) is 1.70. The van der Waals surface area contributed by atoms with Gasteiger partial charge in [0.15, 0.2) is 6.04 Å². The monoisotopic (exact) mass is 117 g/mol. The van der Waals surface area contributed by atoms with Crippen molar-refractivity contribution in [3.05, 3.63) is 0 Å². The van der Waals surface area contributed by atoms with Crippen LogP contribution in [0.4, 0.5) is 0 Å². The Balaban J connectivity index is 3.69. The molecule has 0 saturated heterocycles. The molecule has 4 nitrogen and oxygen atoms in total. The molecule has 0 aliphatic heterocycles. The molecule has 4 heteroatoms. The van der Waals surface area contributed by atoms with Crippen molar-refractivity contribution < 1.29 is 15.0 Å². The lowest BCUT2D eigenvalue weighted by Gasteiger charge is -1.97. The van der Waals surface area contributed by atoms with Crippen LogP contribution in [0.3, 0.4) is 0 Å².